The highest BCUT2D eigenvalue weighted by Gasteiger charge is 1.90. The van der Waals surface area contributed by atoms with Crippen molar-refractivity contribution in [1.29, 1.82) is 0 Å². The Hall–Kier alpha value is -0.870. The molecule has 12 heavy (non-hydrogen) atoms. The van der Waals surface area contributed by atoms with Crippen LogP contribution in [-0.2, 0) is 9.53 Å². The summed E-state index contributed by atoms with van der Waals surface area (Å²) in [6.07, 6.45) is 3.13. The SMILES string of the molecule is CCOC(=O)/C=C/CNCCN. The molecular weight excluding hydrogens is 156 g/mol. The maximum atomic E-state index is 10.7. The maximum absolute atomic E-state index is 10.7. The van der Waals surface area contributed by atoms with Crippen molar-refractivity contribution in [1.82, 2.24) is 5.32 Å². The quantitative estimate of drug-likeness (QED) is 0.327. The van der Waals surface area contributed by atoms with Crippen LogP contribution in [-0.4, -0.2) is 32.2 Å². The zero-order valence-corrected chi connectivity index (χ0v) is 7.38. The fourth-order valence-corrected chi connectivity index (χ4v) is 0.633. The molecule has 70 valence electrons. The van der Waals surface area contributed by atoms with E-state index in [2.05, 4.69) is 10.1 Å². The van der Waals surface area contributed by atoms with Crippen LogP contribution in [0.1, 0.15) is 6.92 Å². The van der Waals surface area contributed by atoms with Crippen molar-refractivity contribution >= 4 is 5.97 Å². The summed E-state index contributed by atoms with van der Waals surface area (Å²) in [6, 6.07) is 0. The van der Waals surface area contributed by atoms with E-state index in [0.29, 0.717) is 19.7 Å². The zero-order chi connectivity index (χ0) is 9.23. The number of esters is 1. The summed E-state index contributed by atoms with van der Waals surface area (Å²) >= 11 is 0. The summed E-state index contributed by atoms with van der Waals surface area (Å²) in [5, 5.41) is 3.01. The summed E-state index contributed by atoms with van der Waals surface area (Å²) in [5.41, 5.74) is 5.24. The van der Waals surface area contributed by atoms with Gasteiger partial charge in [-0.2, -0.15) is 0 Å². The summed E-state index contributed by atoms with van der Waals surface area (Å²) in [5.74, 6) is -0.299. The second kappa shape index (κ2) is 8.23. The summed E-state index contributed by atoms with van der Waals surface area (Å²) in [7, 11) is 0. The van der Waals surface area contributed by atoms with Crippen LogP contribution >= 0.6 is 0 Å². The second-order valence-electron chi connectivity index (χ2n) is 2.15. The van der Waals surface area contributed by atoms with Crippen molar-refractivity contribution in [3.05, 3.63) is 12.2 Å². The highest BCUT2D eigenvalue weighted by molar-refractivity contribution is 5.81. The number of carbonyl (C=O) groups excluding carboxylic acids is 1. The van der Waals surface area contributed by atoms with Gasteiger partial charge in [-0.3, -0.25) is 0 Å². The average molecular weight is 172 g/mol. The first-order chi connectivity index (χ1) is 5.81. The van der Waals surface area contributed by atoms with Gasteiger partial charge in [-0.25, -0.2) is 4.79 Å². The molecule has 0 amide bonds. The minimum Gasteiger partial charge on any atom is -0.463 e. The van der Waals surface area contributed by atoms with Gasteiger partial charge in [0.2, 0.25) is 0 Å². The molecule has 0 bridgehead atoms. The Morgan fingerprint density at radius 3 is 3.00 bits per heavy atom. The van der Waals surface area contributed by atoms with E-state index in [4.69, 9.17) is 5.73 Å². The Morgan fingerprint density at radius 2 is 2.42 bits per heavy atom. The fourth-order valence-electron chi connectivity index (χ4n) is 0.633. The predicted octanol–water partition coefficient (Wildman–Crippen LogP) is -0.346. The minimum absolute atomic E-state index is 0.299. The molecule has 0 atom stereocenters. The standard InChI is InChI=1S/C8H16N2O2/c1-2-12-8(11)4-3-6-10-7-5-9/h3-4,10H,2,5-7,9H2,1H3/b4-3+. The second-order valence-corrected chi connectivity index (χ2v) is 2.15. The van der Waals surface area contributed by atoms with Crippen LogP contribution in [0, 0.1) is 0 Å². The summed E-state index contributed by atoms with van der Waals surface area (Å²) in [6.45, 7) is 4.20. The van der Waals surface area contributed by atoms with E-state index in [-0.39, 0.29) is 5.97 Å². The van der Waals surface area contributed by atoms with Gasteiger partial charge in [-0.1, -0.05) is 6.08 Å². The van der Waals surface area contributed by atoms with Gasteiger partial charge in [-0.05, 0) is 6.92 Å². The van der Waals surface area contributed by atoms with Crippen molar-refractivity contribution in [3.63, 3.8) is 0 Å². The van der Waals surface area contributed by atoms with E-state index in [9.17, 15) is 4.79 Å². The third-order valence-corrected chi connectivity index (χ3v) is 1.12. The van der Waals surface area contributed by atoms with E-state index in [1.807, 2.05) is 0 Å². The van der Waals surface area contributed by atoms with E-state index in [1.54, 1.807) is 13.0 Å². The molecule has 4 heteroatoms. The van der Waals surface area contributed by atoms with Gasteiger partial charge in [0.25, 0.3) is 0 Å². The Bertz CT molecular complexity index is 146. The number of ether oxygens (including phenoxy) is 1. The zero-order valence-electron chi connectivity index (χ0n) is 7.38. The van der Waals surface area contributed by atoms with Crippen molar-refractivity contribution < 1.29 is 9.53 Å². The van der Waals surface area contributed by atoms with Gasteiger partial charge < -0.3 is 15.8 Å². The lowest BCUT2D eigenvalue weighted by molar-refractivity contribution is -0.137. The van der Waals surface area contributed by atoms with Crippen LogP contribution < -0.4 is 11.1 Å². The van der Waals surface area contributed by atoms with Gasteiger partial charge in [0, 0.05) is 25.7 Å². The molecule has 4 nitrogen and oxygen atoms in total. The molecule has 0 aliphatic rings. The first-order valence-electron chi connectivity index (χ1n) is 4.05. The molecular formula is C8H16N2O2. The average Bonchev–Trinajstić information content (AvgIpc) is 2.05. The molecule has 3 N–H and O–H groups in total. The molecule has 0 radical (unpaired) electrons. The molecule has 0 aromatic heterocycles. The molecule has 0 saturated carbocycles. The fraction of sp³-hybridized carbons (Fsp3) is 0.625. The van der Waals surface area contributed by atoms with Crippen LogP contribution in [0.5, 0.6) is 0 Å². The van der Waals surface area contributed by atoms with Gasteiger partial charge >= 0.3 is 5.97 Å². The Balaban J connectivity index is 3.29. The number of nitrogens with two attached hydrogens (primary N) is 1. The molecule has 0 heterocycles. The molecule has 0 aliphatic carbocycles. The molecule has 0 fully saturated rings. The van der Waals surface area contributed by atoms with E-state index in [0.717, 1.165) is 6.54 Å². The molecule has 0 unspecified atom stereocenters. The number of rotatable bonds is 6. The third kappa shape index (κ3) is 7.24. The van der Waals surface area contributed by atoms with E-state index < -0.39 is 0 Å². The van der Waals surface area contributed by atoms with Crippen molar-refractivity contribution in [2.75, 3.05) is 26.2 Å². The van der Waals surface area contributed by atoms with E-state index >= 15 is 0 Å². The molecule has 0 saturated heterocycles. The maximum Gasteiger partial charge on any atom is 0.330 e. The van der Waals surface area contributed by atoms with Gasteiger partial charge in [0.1, 0.15) is 0 Å². The van der Waals surface area contributed by atoms with Crippen molar-refractivity contribution in [2.45, 2.75) is 6.92 Å². The largest absolute Gasteiger partial charge is 0.463 e. The van der Waals surface area contributed by atoms with Crippen LogP contribution in [0.15, 0.2) is 12.2 Å². The van der Waals surface area contributed by atoms with Crippen LogP contribution in [0.4, 0.5) is 0 Å². The van der Waals surface area contributed by atoms with Gasteiger partial charge in [0.15, 0.2) is 0 Å². The lowest BCUT2D eigenvalue weighted by Gasteiger charge is -1.96. The lowest BCUT2D eigenvalue weighted by atomic mass is 10.5. The van der Waals surface area contributed by atoms with Crippen molar-refractivity contribution in [3.8, 4) is 0 Å². The summed E-state index contributed by atoms with van der Waals surface area (Å²) < 4.78 is 4.67. The normalized spacial score (nSPS) is 10.5. The summed E-state index contributed by atoms with van der Waals surface area (Å²) in [4.78, 5) is 10.7. The first-order valence-corrected chi connectivity index (χ1v) is 4.05. The molecule has 0 spiro atoms. The lowest BCUT2D eigenvalue weighted by Crippen LogP contribution is -2.22. The Labute approximate surface area is 72.8 Å². The first kappa shape index (κ1) is 11.1. The number of carbonyl (C=O) groups is 1. The van der Waals surface area contributed by atoms with Crippen molar-refractivity contribution in [2.24, 2.45) is 5.73 Å². The molecule has 0 aromatic carbocycles. The van der Waals surface area contributed by atoms with Crippen LogP contribution in [0.3, 0.4) is 0 Å². The van der Waals surface area contributed by atoms with Gasteiger partial charge in [-0.15, -0.1) is 0 Å². The monoisotopic (exact) mass is 172 g/mol. The number of hydrogen-bond donors (Lipinski definition) is 2. The number of hydrogen-bond acceptors (Lipinski definition) is 4. The van der Waals surface area contributed by atoms with Crippen LogP contribution in [0.2, 0.25) is 0 Å². The van der Waals surface area contributed by atoms with Gasteiger partial charge in [0.05, 0.1) is 6.61 Å². The number of nitrogens with one attached hydrogen (secondary N) is 1. The third-order valence-electron chi connectivity index (χ3n) is 1.12. The smallest absolute Gasteiger partial charge is 0.330 e. The topological polar surface area (TPSA) is 64.3 Å². The van der Waals surface area contributed by atoms with Crippen LogP contribution in [0.25, 0.3) is 0 Å². The van der Waals surface area contributed by atoms with E-state index in [1.165, 1.54) is 6.08 Å². The Kier molecular flexibility index (Phi) is 7.63. The Morgan fingerprint density at radius 1 is 1.67 bits per heavy atom. The minimum atomic E-state index is -0.299. The molecule has 0 rings (SSSR count). The highest BCUT2D eigenvalue weighted by atomic mass is 16.5. The molecule has 0 aliphatic heterocycles. The molecule has 0 aromatic rings. The predicted molar refractivity (Wildman–Crippen MR) is 47.7 cm³/mol. The highest BCUT2D eigenvalue weighted by Crippen LogP contribution is 1.79.